The van der Waals surface area contributed by atoms with E-state index < -0.39 is 0 Å². The monoisotopic (exact) mass is 290 g/mol. The van der Waals surface area contributed by atoms with Crippen molar-refractivity contribution in [2.75, 3.05) is 27.3 Å². The maximum atomic E-state index is 6.57. The first-order valence-electron chi connectivity index (χ1n) is 7.92. The second-order valence-electron chi connectivity index (χ2n) is 6.17. The summed E-state index contributed by atoms with van der Waals surface area (Å²) in [7, 11) is 3.53. The zero-order chi connectivity index (χ0) is 14.8. The van der Waals surface area contributed by atoms with Gasteiger partial charge in [-0.05, 0) is 48.9 Å². The number of fused-ring (bicyclic) bond motifs is 1. The van der Waals surface area contributed by atoms with Crippen LogP contribution in [0.4, 0.5) is 0 Å². The Morgan fingerprint density at radius 1 is 1.14 bits per heavy atom. The van der Waals surface area contributed by atoms with Gasteiger partial charge in [0.15, 0.2) is 0 Å². The highest BCUT2D eigenvalue weighted by molar-refractivity contribution is 5.40. The minimum Gasteiger partial charge on any atom is -0.497 e. The van der Waals surface area contributed by atoms with Gasteiger partial charge in [-0.25, -0.2) is 0 Å². The number of aryl methyl sites for hydroxylation is 1. The molecule has 0 bridgehead atoms. The number of benzene rings is 1. The number of hydrogen-bond acceptors (Lipinski definition) is 4. The smallest absolute Gasteiger partial charge is 0.119 e. The third-order valence-electron chi connectivity index (χ3n) is 5.11. The highest BCUT2D eigenvalue weighted by atomic mass is 16.5. The third kappa shape index (κ3) is 2.93. The van der Waals surface area contributed by atoms with Crippen LogP contribution in [0.15, 0.2) is 18.2 Å². The predicted octanol–water partition coefficient (Wildman–Crippen LogP) is 2.12. The van der Waals surface area contributed by atoms with Crippen LogP contribution < -0.4 is 10.5 Å². The van der Waals surface area contributed by atoms with E-state index in [1.165, 1.54) is 11.1 Å². The van der Waals surface area contributed by atoms with Crippen LogP contribution >= 0.6 is 0 Å². The lowest BCUT2D eigenvalue weighted by Crippen LogP contribution is -2.49. The molecule has 116 valence electrons. The first-order valence-corrected chi connectivity index (χ1v) is 7.92. The van der Waals surface area contributed by atoms with Gasteiger partial charge in [-0.1, -0.05) is 6.07 Å². The summed E-state index contributed by atoms with van der Waals surface area (Å²) in [4.78, 5) is 2.56. The van der Waals surface area contributed by atoms with Crippen molar-refractivity contribution < 1.29 is 9.47 Å². The number of nitrogens with zero attached hydrogens (tertiary/aromatic N) is 1. The van der Waals surface area contributed by atoms with Crippen molar-refractivity contribution in [1.29, 1.82) is 0 Å². The molecule has 1 aromatic carbocycles. The average molecular weight is 290 g/mol. The highest BCUT2D eigenvalue weighted by Gasteiger charge is 2.33. The predicted molar refractivity (Wildman–Crippen MR) is 83.6 cm³/mol. The Balaban J connectivity index is 1.72. The fraction of sp³-hybridized carbons (Fsp3) is 0.647. The van der Waals surface area contributed by atoms with E-state index in [1.807, 2.05) is 13.2 Å². The summed E-state index contributed by atoms with van der Waals surface area (Å²) in [6.07, 6.45) is 4.90. The normalized spacial score (nSPS) is 27.4. The lowest BCUT2D eigenvalue weighted by atomic mass is 9.83. The molecule has 0 saturated carbocycles. The van der Waals surface area contributed by atoms with Gasteiger partial charge in [0, 0.05) is 32.3 Å². The second kappa shape index (κ2) is 6.34. The fourth-order valence-corrected chi connectivity index (χ4v) is 3.79. The Labute approximate surface area is 127 Å². The molecule has 21 heavy (non-hydrogen) atoms. The Bertz CT molecular complexity index is 484. The number of rotatable bonds is 3. The van der Waals surface area contributed by atoms with Gasteiger partial charge in [-0.3, -0.25) is 4.90 Å². The maximum absolute atomic E-state index is 6.57. The van der Waals surface area contributed by atoms with E-state index in [0.29, 0.717) is 12.1 Å². The summed E-state index contributed by atoms with van der Waals surface area (Å²) in [5.74, 6) is 0.931. The minimum atomic E-state index is 0.110. The largest absolute Gasteiger partial charge is 0.497 e. The van der Waals surface area contributed by atoms with Crippen molar-refractivity contribution in [3.8, 4) is 5.75 Å². The van der Waals surface area contributed by atoms with Gasteiger partial charge in [-0.15, -0.1) is 0 Å². The van der Waals surface area contributed by atoms with Crippen molar-refractivity contribution in [2.24, 2.45) is 5.73 Å². The van der Waals surface area contributed by atoms with Gasteiger partial charge < -0.3 is 15.2 Å². The summed E-state index contributed by atoms with van der Waals surface area (Å²) < 4.78 is 10.8. The van der Waals surface area contributed by atoms with Gasteiger partial charge >= 0.3 is 0 Å². The maximum Gasteiger partial charge on any atom is 0.119 e. The quantitative estimate of drug-likeness (QED) is 0.926. The number of likely N-dealkylation sites (tertiary alicyclic amines) is 1. The van der Waals surface area contributed by atoms with Crippen LogP contribution in [0.2, 0.25) is 0 Å². The molecule has 3 rings (SSSR count). The molecule has 2 atom stereocenters. The number of hydrogen-bond donors (Lipinski definition) is 1. The summed E-state index contributed by atoms with van der Waals surface area (Å²) in [5, 5.41) is 0. The van der Waals surface area contributed by atoms with Gasteiger partial charge in [0.05, 0.1) is 13.2 Å². The molecule has 1 aliphatic heterocycles. The Morgan fingerprint density at radius 2 is 1.90 bits per heavy atom. The average Bonchev–Trinajstić information content (AvgIpc) is 2.55. The zero-order valence-electron chi connectivity index (χ0n) is 13.0. The van der Waals surface area contributed by atoms with Crippen LogP contribution in [0.25, 0.3) is 0 Å². The molecule has 2 unspecified atom stereocenters. The van der Waals surface area contributed by atoms with Gasteiger partial charge in [0.25, 0.3) is 0 Å². The number of nitrogens with two attached hydrogens (primary N) is 1. The fourth-order valence-electron chi connectivity index (χ4n) is 3.79. The van der Waals surface area contributed by atoms with Crippen LogP contribution in [0.1, 0.15) is 36.4 Å². The lowest BCUT2D eigenvalue weighted by molar-refractivity contribution is 0.0200. The van der Waals surface area contributed by atoms with E-state index in [2.05, 4.69) is 17.0 Å². The summed E-state index contributed by atoms with van der Waals surface area (Å²) in [5.41, 5.74) is 9.21. The second-order valence-corrected chi connectivity index (χ2v) is 6.17. The van der Waals surface area contributed by atoms with Crippen molar-refractivity contribution in [3.05, 3.63) is 29.3 Å². The standard InChI is InChI=1S/C17H26N2O2/c1-20-13-7-9-19(10-8-13)16-6-3-12-11-14(21-2)4-5-15(12)17(16)18/h4-5,11,13,16-17H,3,6-10,18H2,1-2H3. The number of ether oxygens (including phenoxy) is 2. The van der Waals surface area contributed by atoms with Gasteiger partial charge in [0.1, 0.15) is 5.75 Å². The summed E-state index contributed by atoms with van der Waals surface area (Å²) in [6.45, 7) is 2.20. The Hall–Kier alpha value is -1.10. The van der Waals surface area contributed by atoms with Crippen molar-refractivity contribution in [1.82, 2.24) is 4.90 Å². The molecular formula is C17H26N2O2. The van der Waals surface area contributed by atoms with E-state index in [9.17, 15) is 0 Å². The molecule has 0 radical (unpaired) electrons. The van der Waals surface area contributed by atoms with E-state index in [1.54, 1.807) is 7.11 Å². The molecule has 0 aromatic heterocycles. The molecule has 0 spiro atoms. The number of piperidine rings is 1. The van der Waals surface area contributed by atoms with Crippen LogP contribution in [0.3, 0.4) is 0 Å². The minimum absolute atomic E-state index is 0.110. The molecule has 2 N–H and O–H groups in total. The highest BCUT2D eigenvalue weighted by Crippen LogP contribution is 2.34. The molecule has 1 saturated heterocycles. The topological polar surface area (TPSA) is 47.7 Å². The van der Waals surface area contributed by atoms with Crippen LogP contribution in [-0.2, 0) is 11.2 Å². The molecule has 1 aliphatic carbocycles. The molecule has 0 amide bonds. The molecule has 1 aromatic rings. The van der Waals surface area contributed by atoms with Gasteiger partial charge in [0.2, 0.25) is 0 Å². The SMILES string of the molecule is COc1ccc2c(c1)CCC(N1CCC(OC)CC1)C2N. The van der Waals surface area contributed by atoms with E-state index in [-0.39, 0.29) is 6.04 Å². The molecule has 4 heteroatoms. The van der Waals surface area contributed by atoms with Crippen molar-refractivity contribution >= 4 is 0 Å². The zero-order valence-corrected chi connectivity index (χ0v) is 13.0. The van der Waals surface area contributed by atoms with E-state index >= 15 is 0 Å². The third-order valence-corrected chi connectivity index (χ3v) is 5.11. The van der Waals surface area contributed by atoms with E-state index in [4.69, 9.17) is 15.2 Å². The van der Waals surface area contributed by atoms with Crippen LogP contribution in [-0.4, -0.2) is 44.4 Å². The summed E-state index contributed by atoms with van der Waals surface area (Å²) in [6, 6.07) is 6.88. The van der Waals surface area contributed by atoms with Crippen molar-refractivity contribution in [3.63, 3.8) is 0 Å². The van der Waals surface area contributed by atoms with E-state index in [0.717, 1.165) is 44.5 Å². The van der Waals surface area contributed by atoms with Crippen LogP contribution in [0.5, 0.6) is 5.75 Å². The molecule has 1 heterocycles. The molecule has 2 aliphatic rings. The molecular weight excluding hydrogens is 264 g/mol. The lowest BCUT2D eigenvalue weighted by Gasteiger charge is -2.42. The molecule has 4 nitrogen and oxygen atoms in total. The van der Waals surface area contributed by atoms with Crippen molar-refractivity contribution in [2.45, 2.75) is 43.9 Å². The van der Waals surface area contributed by atoms with Crippen LogP contribution in [0, 0.1) is 0 Å². The Morgan fingerprint density at radius 3 is 2.57 bits per heavy atom. The first kappa shape index (κ1) is 14.8. The number of methoxy groups -OCH3 is 2. The molecule has 1 fully saturated rings. The van der Waals surface area contributed by atoms with Gasteiger partial charge in [-0.2, -0.15) is 0 Å². The Kier molecular flexibility index (Phi) is 4.48. The first-order chi connectivity index (χ1) is 10.2. The summed E-state index contributed by atoms with van der Waals surface area (Å²) >= 11 is 0.